The Hall–Kier alpha value is -2.00. The predicted octanol–water partition coefficient (Wildman–Crippen LogP) is 9.51. The van der Waals surface area contributed by atoms with Crippen LogP contribution in [0.1, 0.15) is 63.9 Å². The molecule has 0 saturated heterocycles. The average molecular weight is 459 g/mol. The maximum Gasteiger partial charge on any atom is 0.145 e. The van der Waals surface area contributed by atoms with E-state index in [-0.39, 0.29) is 11.1 Å². The van der Waals surface area contributed by atoms with E-state index in [9.17, 15) is 8.78 Å². The molecule has 0 aliphatic heterocycles. The summed E-state index contributed by atoms with van der Waals surface area (Å²) in [7, 11) is 0. The lowest BCUT2D eigenvalue weighted by molar-refractivity contribution is 0.250. The van der Waals surface area contributed by atoms with Gasteiger partial charge in [0.2, 0.25) is 0 Å². The lowest BCUT2D eigenvalue weighted by Gasteiger charge is -2.28. The first-order valence-electron chi connectivity index (χ1n) is 11.8. The Morgan fingerprint density at radius 2 is 1.50 bits per heavy atom. The van der Waals surface area contributed by atoms with E-state index in [0.29, 0.717) is 5.39 Å². The van der Waals surface area contributed by atoms with Crippen LogP contribution >= 0.6 is 11.6 Å². The molecule has 4 heteroatoms. The van der Waals surface area contributed by atoms with Crippen LogP contribution in [0.25, 0.3) is 21.9 Å². The fraction of sp³-hybridized carbons (Fsp3) is 0.429. The highest BCUT2D eigenvalue weighted by Crippen LogP contribution is 2.35. The molecule has 4 rings (SSSR count). The van der Waals surface area contributed by atoms with Crippen LogP contribution in [0.5, 0.6) is 0 Å². The molecule has 0 spiro atoms. The maximum absolute atomic E-state index is 15.2. The molecule has 0 aromatic heterocycles. The van der Waals surface area contributed by atoms with Crippen LogP contribution in [0.15, 0.2) is 42.5 Å². The normalized spacial score (nSPS) is 18.9. The lowest BCUT2D eigenvalue weighted by Crippen LogP contribution is -2.15. The molecule has 0 amide bonds. The molecule has 1 aliphatic rings. The van der Waals surface area contributed by atoms with E-state index in [0.717, 1.165) is 35.8 Å². The summed E-state index contributed by atoms with van der Waals surface area (Å²) in [4.78, 5) is 0. The fourth-order valence-corrected chi connectivity index (χ4v) is 5.21. The largest absolute Gasteiger partial charge is 0.206 e. The highest BCUT2D eigenvalue weighted by molar-refractivity contribution is 6.31. The number of rotatable bonds is 7. The summed E-state index contributed by atoms with van der Waals surface area (Å²) in [6.45, 7) is 2.26. The Morgan fingerprint density at radius 3 is 2.16 bits per heavy atom. The zero-order valence-electron chi connectivity index (χ0n) is 18.6. The second-order valence-corrected chi connectivity index (χ2v) is 9.68. The quantitative estimate of drug-likeness (QED) is 0.309. The van der Waals surface area contributed by atoms with Gasteiger partial charge in [-0.1, -0.05) is 93.8 Å². The van der Waals surface area contributed by atoms with Crippen molar-refractivity contribution >= 4 is 22.4 Å². The van der Waals surface area contributed by atoms with Crippen molar-refractivity contribution in [2.24, 2.45) is 11.8 Å². The van der Waals surface area contributed by atoms with Crippen LogP contribution in [-0.2, 0) is 6.42 Å². The summed E-state index contributed by atoms with van der Waals surface area (Å²) in [5, 5.41) is 0.689. The zero-order chi connectivity index (χ0) is 22.7. The van der Waals surface area contributed by atoms with Crippen molar-refractivity contribution in [3.63, 3.8) is 0 Å². The van der Waals surface area contributed by atoms with Gasteiger partial charge in [0, 0.05) is 10.9 Å². The van der Waals surface area contributed by atoms with Crippen molar-refractivity contribution in [3.05, 3.63) is 70.5 Å². The van der Waals surface area contributed by atoms with Gasteiger partial charge in [0.25, 0.3) is 0 Å². The fourth-order valence-electron chi connectivity index (χ4n) is 5.10. The maximum atomic E-state index is 15.2. The number of unbranched alkanes of at least 4 members (excludes halogenated alkanes) is 1. The monoisotopic (exact) mass is 458 g/mol. The van der Waals surface area contributed by atoms with Crippen molar-refractivity contribution in [2.45, 2.75) is 64.7 Å². The summed E-state index contributed by atoms with van der Waals surface area (Å²) in [6, 6.07) is 11.3. The molecule has 1 saturated carbocycles. The molecule has 0 nitrogen and oxygen atoms in total. The van der Waals surface area contributed by atoms with E-state index in [2.05, 4.69) is 6.92 Å². The third-order valence-electron chi connectivity index (χ3n) is 7.09. The van der Waals surface area contributed by atoms with Gasteiger partial charge in [-0.3, -0.25) is 0 Å². The van der Waals surface area contributed by atoms with E-state index in [1.807, 2.05) is 18.2 Å². The van der Waals surface area contributed by atoms with Crippen molar-refractivity contribution in [2.75, 3.05) is 0 Å². The summed E-state index contributed by atoms with van der Waals surface area (Å²) in [6.07, 6.45) is 11.6. The number of halogens is 4. The van der Waals surface area contributed by atoms with Crippen molar-refractivity contribution in [1.29, 1.82) is 0 Å². The van der Waals surface area contributed by atoms with E-state index >= 15 is 4.39 Å². The molecule has 0 N–H and O–H groups in total. The summed E-state index contributed by atoms with van der Waals surface area (Å²) in [5.74, 6) is -0.545. The molecule has 170 valence electrons. The molecule has 32 heavy (non-hydrogen) atoms. The molecular weight excluding hydrogens is 429 g/mol. The molecule has 0 heterocycles. The molecule has 1 aliphatic carbocycles. The Morgan fingerprint density at radius 1 is 0.844 bits per heavy atom. The Bertz CT molecular complexity index is 1060. The minimum atomic E-state index is -0.893. The highest BCUT2D eigenvalue weighted by atomic mass is 35.5. The number of benzene rings is 3. The summed E-state index contributed by atoms with van der Waals surface area (Å²) in [5.41, 5.74) is 1.52. The smallest absolute Gasteiger partial charge is 0.145 e. The van der Waals surface area contributed by atoms with Gasteiger partial charge in [0.15, 0.2) is 0 Å². The summed E-state index contributed by atoms with van der Waals surface area (Å²) >= 11 is 5.56. The van der Waals surface area contributed by atoms with Gasteiger partial charge in [0.05, 0.1) is 0 Å². The van der Waals surface area contributed by atoms with Gasteiger partial charge in [-0.25, -0.2) is 13.2 Å². The lowest BCUT2D eigenvalue weighted by atomic mass is 9.78. The van der Waals surface area contributed by atoms with E-state index in [4.69, 9.17) is 11.6 Å². The first kappa shape index (κ1) is 23.2. The zero-order valence-corrected chi connectivity index (χ0v) is 19.3. The SMILES string of the molecule is CCCCC1CCC(CCc2ccc3c(F)c(-c4cc(F)c(Cl)c(F)c4)ccc3c2)CC1. The molecule has 0 unspecified atom stereocenters. The van der Waals surface area contributed by atoms with Gasteiger partial charge in [-0.2, -0.15) is 0 Å². The number of aryl methyl sites for hydroxylation is 1. The minimum absolute atomic E-state index is 0.141. The molecular formula is C28H30ClF3. The number of hydrogen-bond acceptors (Lipinski definition) is 0. The third kappa shape index (κ3) is 5.14. The second kappa shape index (κ2) is 10.3. The van der Waals surface area contributed by atoms with Crippen LogP contribution < -0.4 is 0 Å². The van der Waals surface area contributed by atoms with E-state index < -0.39 is 22.5 Å². The summed E-state index contributed by atoms with van der Waals surface area (Å²) < 4.78 is 42.9. The van der Waals surface area contributed by atoms with Crippen LogP contribution in [-0.4, -0.2) is 0 Å². The first-order chi connectivity index (χ1) is 15.5. The Kier molecular flexibility index (Phi) is 7.45. The number of fused-ring (bicyclic) bond motifs is 1. The van der Waals surface area contributed by atoms with Crippen LogP contribution in [0, 0.1) is 29.3 Å². The standard InChI is InChI=1S/C28H30ClF3/c1-2-3-4-18-5-7-19(8-6-18)9-10-20-11-13-23-21(15-20)12-14-24(28(23)32)22-16-25(30)27(29)26(31)17-22/h11-19H,2-10H2,1H3. The van der Waals surface area contributed by atoms with Crippen molar-refractivity contribution < 1.29 is 13.2 Å². The molecule has 0 radical (unpaired) electrons. The molecule has 3 aromatic rings. The predicted molar refractivity (Wildman–Crippen MR) is 128 cm³/mol. The Labute approximate surface area is 193 Å². The van der Waals surface area contributed by atoms with Crippen molar-refractivity contribution in [3.8, 4) is 11.1 Å². The van der Waals surface area contributed by atoms with Gasteiger partial charge in [-0.15, -0.1) is 0 Å². The Balaban J connectivity index is 1.45. The van der Waals surface area contributed by atoms with E-state index in [1.54, 1.807) is 12.1 Å². The molecule has 3 aromatic carbocycles. The highest BCUT2D eigenvalue weighted by Gasteiger charge is 2.21. The van der Waals surface area contributed by atoms with Gasteiger partial charge in [-0.05, 0) is 53.3 Å². The molecule has 1 fully saturated rings. The topological polar surface area (TPSA) is 0 Å². The van der Waals surface area contributed by atoms with Crippen molar-refractivity contribution in [1.82, 2.24) is 0 Å². The van der Waals surface area contributed by atoms with Crippen LogP contribution in [0.4, 0.5) is 13.2 Å². The molecule has 0 bridgehead atoms. The van der Waals surface area contributed by atoms with Crippen LogP contribution in [0.3, 0.4) is 0 Å². The molecule has 0 atom stereocenters. The average Bonchev–Trinajstić information content (AvgIpc) is 2.80. The first-order valence-corrected chi connectivity index (χ1v) is 12.2. The van der Waals surface area contributed by atoms with Gasteiger partial charge in [0.1, 0.15) is 22.5 Å². The second-order valence-electron chi connectivity index (χ2n) is 9.30. The van der Waals surface area contributed by atoms with Crippen LogP contribution in [0.2, 0.25) is 5.02 Å². The van der Waals surface area contributed by atoms with Gasteiger partial charge < -0.3 is 0 Å². The van der Waals surface area contributed by atoms with Gasteiger partial charge >= 0.3 is 0 Å². The third-order valence-corrected chi connectivity index (χ3v) is 7.45. The van der Waals surface area contributed by atoms with E-state index in [1.165, 1.54) is 56.9 Å². The minimum Gasteiger partial charge on any atom is -0.206 e. The number of hydrogen-bond donors (Lipinski definition) is 0.